The summed E-state index contributed by atoms with van der Waals surface area (Å²) in [5, 5.41) is 9.57. The molecule has 31 heavy (non-hydrogen) atoms. The maximum absolute atomic E-state index is 12.9. The Kier molecular flexibility index (Phi) is 5.22. The molecule has 2 heterocycles. The number of carbonyl (C=O) groups is 4. The van der Waals surface area contributed by atoms with Crippen molar-refractivity contribution in [3.63, 3.8) is 0 Å². The summed E-state index contributed by atoms with van der Waals surface area (Å²) in [6, 6.07) is 7.73. The minimum atomic E-state index is -0.862. The van der Waals surface area contributed by atoms with E-state index in [1.54, 1.807) is 30.5 Å². The number of benzene rings is 1. The molecule has 0 unspecified atom stereocenters. The molecule has 1 aromatic carbocycles. The lowest BCUT2D eigenvalue weighted by Gasteiger charge is -2.33. The van der Waals surface area contributed by atoms with Gasteiger partial charge in [0, 0.05) is 11.9 Å². The number of primary amides is 1. The molecule has 162 valence electrons. The highest BCUT2D eigenvalue weighted by Gasteiger charge is 2.52. The zero-order chi connectivity index (χ0) is 22.2. The normalized spacial score (nSPS) is 23.1. The van der Waals surface area contributed by atoms with Crippen LogP contribution in [-0.4, -0.2) is 50.5 Å². The molecule has 0 bridgehead atoms. The van der Waals surface area contributed by atoms with Gasteiger partial charge in [-0.2, -0.15) is 5.10 Å². The van der Waals surface area contributed by atoms with Gasteiger partial charge in [0.15, 0.2) is 0 Å². The number of rotatable bonds is 5. The fourth-order valence-corrected chi connectivity index (χ4v) is 4.05. The quantitative estimate of drug-likeness (QED) is 0.623. The van der Waals surface area contributed by atoms with Crippen LogP contribution in [0.3, 0.4) is 0 Å². The van der Waals surface area contributed by atoms with Crippen LogP contribution in [0.4, 0.5) is 10.5 Å². The second-order valence-electron chi connectivity index (χ2n) is 8.19. The molecule has 10 nitrogen and oxygen atoms in total. The van der Waals surface area contributed by atoms with Gasteiger partial charge in [-0.05, 0) is 61.9 Å². The molecule has 0 atom stereocenters. The number of nitrogens with two attached hydrogens (primary N) is 1. The summed E-state index contributed by atoms with van der Waals surface area (Å²) >= 11 is 0. The molecule has 1 saturated heterocycles. The Morgan fingerprint density at radius 3 is 2.48 bits per heavy atom. The number of amides is 5. The van der Waals surface area contributed by atoms with Crippen molar-refractivity contribution in [3.8, 4) is 5.69 Å². The fraction of sp³-hybridized carbons (Fsp3) is 0.381. The van der Waals surface area contributed by atoms with Crippen molar-refractivity contribution in [1.29, 1.82) is 0 Å². The van der Waals surface area contributed by atoms with Crippen molar-refractivity contribution in [2.75, 3.05) is 11.9 Å². The van der Waals surface area contributed by atoms with Gasteiger partial charge in [0.25, 0.3) is 11.8 Å². The standard InChI is InChI=1S/C21H24N6O4/c1-13-6-9-21(10-7-13)19(30)26(20(31)24-21)12-17(28)23-14-2-4-15(5-3-14)27-11-8-16(25-27)18(22)29/h2-5,8,11,13H,6-7,9-10,12H2,1H3,(H2,22,29)(H,23,28)(H,24,31). The molecule has 2 fully saturated rings. The smallest absolute Gasteiger partial charge is 0.325 e. The van der Waals surface area contributed by atoms with E-state index in [4.69, 9.17) is 5.73 Å². The van der Waals surface area contributed by atoms with Gasteiger partial charge in [-0.3, -0.25) is 19.3 Å². The van der Waals surface area contributed by atoms with E-state index in [1.807, 2.05) is 0 Å². The zero-order valence-electron chi connectivity index (χ0n) is 17.1. The van der Waals surface area contributed by atoms with Gasteiger partial charge in [0.1, 0.15) is 17.8 Å². The van der Waals surface area contributed by atoms with Gasteiger partial charge >= 0.3 is 6.03 Å². The minimum Gasteiger partial charge on any atom is -0.364 e. The first-order chi connectivity index (χ1) is 14.8. The lowest BCUT2D eigenvalue weighted by atomic mass is 9.77. The highest BCUT2D eigenvalue weighted by atomic mass is 16.2. The largest absolute Gasteiger partial charge is 0.364 e. The Hall–Kier alpha value is -3.69. The predicted octanol–water partition coefficient (Wildman–Crippen LogP) is 1.41. The van der Waals surface area contributed by atoms with Crippen molar-refractivity contribution in [3.05, 3.63) is 42.2 Å². The van der Waals surface area contributed by atoms with Gasteiger partial charge in [-0.15, -0.1) is 0 Å². The van der Waals surface area contributed by atoms with E-state index in [9.17, 15) is 19.2 Å². The van der Waals surface area contributed by atoms with Gasteiger partial charge < -0.3 is 16.4 Å². The van der Waals surface area contributed by atoms with Crippen molar-refractivity contribution in [1.82, 2.24) is 20.0 Å². The van der Waals surface area contributed by atoms with Crippen molar-refractivity contribution in [2.24, 2.45) is 11.7 Å². The highest BCUT2D eigenvalue weighted by Crippen LogP contribution is 2.36. The Bertz CT molecular complexity index is 1040. The first kappa shape index (κ1) is 20.6. The molecule has 1 aliphatic carbocycles. The molecular formula is C21H24N6O4. The summed E-state index contributed by atoms with van der Waals surface area (Å²) in [6.07, 6.45) is 4.55. The molecule has 1 spiro atoms. The Labute approximate surface area is 178 Å². The van der Waals surface area contributed by atoms with Crippen LogP contribution in [0.2, 0.25) is 0 Å². The number of nitrogens with zero attached hydrogens (tertiary/aromatic N) is 3. The van der Waals surface area contributed by atoms with Crippen LogP contribution < -0.4 is 16.4 Å². The molecule has 1 saturated carbocycles. The average molecular weight is 424 g/mol. The number of imide groups is 1. The molecular weight excluding hydrogens is 400 g/mol. The third-order valence-electron chi connectivity index (χ3n) is 5.93. The van der Waals surface area contributed by atoms with E-state index >= 15 is 0 Å². The van der Waals surface area contributed by atoms with E-state index in [2.05, 4.69) is 22.7 Å². The molecule has 1 aliphatic heterocycles. The van der Waals surface area contributed by atoms with E-state index in [0.29, 0.717) is 30.1 Å². The van der Waals surface area contributed by atoms with E-state index in [-0.39, 0.29) is 18.1 Å². The number of urea groups is 1. The monoisotopic (exact) mass is 424 g/mol. The summed E-state index contributed by atoms with van der Waals surface area (Å²) in [5.41, 5.74) is 5.67. The molecule has 5 amide bonds. The maximum Gasteiger partial charge on any atom is 0.325 e. The second-order valence-corrected chi connectivity index (χ2v) is 8.19. The summed E-state index contributed by atoms with van der Waals surface area (Å²) in [5.74, 6) is -0.876. The molecule has 4 N–H and O–H groups in total. The van der Waals surface area contributed by atoms with Gasteiger partial charge in [-0.1, -0.05) is 6.92 Å². The first-order valence-corrected chi connectivity index (χ1v) is 10.2. The lowest BCUT2D eigenvalue weighted by Crippen LogP contribution is -2.49. The predicted molar refractivity (Wildman–Crippen MR) is 111 cm³/mol. The van der Waals surface area contributed by atoms with Crippen LogP contribution in [0.5, 0.6) is 0 Å². The number of hydrogen-bond donors (Lipinski definition) is 3. The average Bonchev–Trinajstić information content (AvgIpc) is 3.31. The van der Waals surface area contributed by atoms with Crippen LogP contribution in [0.25, 0.3) is 5.69 Å². The van der Waals surface area contributed by atoms with Crippen molar-refractivity contribution >= 4 is 29.4 Å². The molecule has 10 heteroatoms. The van der Waals surface area contributed by atoms with E-state index < -0.39 is 23.4 Å². The molecule has 2 aliphatic rings. The van der Waals surface area contributed by atoms with Gasteiger partial charge in [0.05, 0.1) is 5.69 Å². The topological polar surface area (TPSA) is 139 Å². The molecule has 2 aromatic rings. The van der Waals surface area contributed by atoms with Crippen LogP contribution >= 0.6 is 0 Å². The van der Waals surface area contributed by atoms with Crippen LogP contribution in [-0.2, 0) is 9.59 Å². The van der Waals surface area contributed by atoms with E-state index in [0.717, 1.165) is 17.7 Å². The SMILES string of the molecule is CC1CCC2(CC1)NC(=O)N(CC(=O)Nc1ccc(-n3ccc(C(N)=O)n3)cc1)C2=O. The molecule has 1 aromatic heterocycles. The number of carbonyl (C=O) groups excluding carboxylic acids is 4. The van der Waals surface area contributed by atoms with Crippen molar-refractivity contribution < 1.29 is 19.2 Å². The maximum atomic E-state index is 12.9. The third kappa shape index (κ3) is 4.00. The highest BCUT2D eigenvalue weighted by molar-refractivity contribution is 6.10. The summed E-state index contributed by atoms with van der Waals surface area (Å²) in [6.45, 7) is 1.79. The Morgan fingerprint density at radius 1 is 1.19 bits per heavy atom. The fourth-order valence-electron chi connectivity index (χ4n) is 4.05. The summed E-state index contributed by atoms with van der Waals surface area (Å²) in [7, 11) is 0. The van der Waals surface area contributed by atoms with Gasteiger partial charge in [-0.25, -0.2) is 9.48 Å². The molecule has 4 rings (SSSR count). The minimum absolute atomic E-state index is 0.149. The summed E-state index contributed by atoms with van der Waals surface area (Å²) < 4.78 is 1.49. The van der Waals surface area contributed by atoms with Crippen LogP contribution in [0.1, 0.15) is 43.1 Å². The zero-order valence-corrected chi connectivity index (χ0v) is 17.1. The molecule has 0 radical (unpaired) electrons. The van der Waals surface area contributed by atoms with E-state index in [1.165, 1.54) is 10.7 Å². The number of anilines is 1. The Morgan fingerprint density at radius 2 is 1.87 bits per heavy atom. The third-order valence-corrected chi connectivity index (χ3v) is 5.93. The number of hydrogen-bond acceptors (Lipinski definition) is 5. The van der Waals surface area contributed by atoms with Crippen LogP contribution in [0, 0.1) is 5.92 Å². The number of nitrogens with one attached hydrogen (secondary N) is 2. The second kappa shape index (κ2) is 7.86. The lowest BCUT2D eigenvalue weighted by molar-refractivity contribution is -0.135. The van der Waals surface area contributed by atoms with Crippen LogP contribution in [0.15, 0.2) is 36.5 Å². The number of aromatic nitrogens is 2. The van der Waals surface area contributed by atoms with Crippen molar-refractivity contribution in [2.45, 2.75) is 38.1 Å². The Balaban J connectivity index is 1.38. The first-order valence-electron chi connectivity index (χ1n) is 10.2. The summed E-state index contributed by atoms with van der Waals surface area (Å²) in [4.78, 5) is 49.8. The van der Waals surface area contributed by atoms with Gasteiger partial charge in [0.2, 0.25) is 5.91 Å².